The second kappa shape index (κ2) is 4.20. The Morgan fingerprint density at radius 2 is 1.47 bits per heavy atom. The summed E-state index contributed by atoms with van der Waals surface area (Å²) in [6.45, 7) is 3.02. The molecule has 2 aromatic rings. The van der Waals surface area contributed by atoms with Crippen LogP contribution in [0, 0.1) is 31.3 Å². The number of hydrogen-bond acceptors (Lipinski definition) is 1. The average molecular weight is 237 g/mol. The first-order valence-electron chi connectivity index (χ1n) is 5.07. The Kier molecular flexibility index (Phi) is 2.88. The lowest BCUT2D eigenvalue weighted by Crippen LogP contribution is -1.95. The van der Waals surface area contributed by atoms with Crippen LogP contribution in [0.2, 0.25) is 0 Å². The van der Waals surface area contributed by atoms with Crippen molar-refractivity contribution in [2.75, 3.05) is 0 Å². The van der Waals surface area contributed by atoms with E-state index in [1.165, 1.54) is 19.2 Å². The first-order valence-corrected chi connectivity index (χ1v) is 5.07. The van der Waals surface area contributed by atoms with E-state index >= 15 is 0 Å². The summed E-state index contributed by atoms with van der Waals surface area (Å²) in [5, 5.41) is 0. The smallest absolute Gasteiger partial charge is 0.149 e. The molecule has 1 aromatic carbocycles. The molecule has 0 aliphatic heterocycles. The van der Waals surface area contributed by atoms with Gasteiger partial charge in [-0.15, -0.1) is 0 Å². The second-order valence-electron chi connectivity index (χ2n) is 3.91. The maximum Gasteiger partial charge on any atom is 0.149 e. The zero-order valence-corrected chi connectivity index (χ0v) is 9.39. The Morgan fingerprint density at radius 1 is 0.882 bits per heavy atom. The molecule has 0 fully saturated rings. The minimum absolute atomic E-state index is 0.0478. The number of benzene rings is 1. The van der Waals surface area contributed by atoms with E-state index in [9.17, 15) is 13.2 Å². The van der Waals surface area contributed by atoms with E-state index in [1.807, 2.05) is 0 Å². The highest BCUT2D eigenvalue weighted by Gasteiger charge is 2.12. The second-order valence-corrected chi connectivity index (χ2v) is 3.91. The van der Waals surface area contributed by atoms with Gasteiger partial charge < -0.3 is 0 Å². The molecule has 2 rings (SSSR count). The normalized spacial score (nSPS) is 10.6. The van der Waals surface area contributed by atoms with Crippen molar-refractivity contribution in [3.05, 3.63) is 53.0 Å². The van der Waals surface area contributed by atoms with Crippen LogP contribution in [0.5, 0.6) is 0 Å². The molecule has 0 amide bonds. The average Bonchev–Trinajstić information content (AvgIpc) is 2.25. The third kappa shape index (κ3) is 2.16. The van der Waals surface area contributed by atoms with E-state index in [0.717, 1.165) is 12.1 Å². The fourth-order valence-electron chi connectivity index (χ4n) is 1.53. The molecule has 4 heteroatoms. The van der Waals surface area contributed by atoms with E-state index in [2.05, 4.69) is 4.98 Å². The lowest BCUT2D eigenvalue weighted by atomic mass is 10.1. The summed E-state index contributed by atoms with van der Waals surface area (Å²) in [4.78, 5) is 3.85. The number of aromatic nitrogens is 1. The van der Waals surface area contributed by atoms with Crippen LogP contribution in [0.15, 0.2) is 24.4 Å². The minimum Gasteiger partial charge on any atom is -0.253 e. The predicted octanol–water partition coefficient (Wildman–Crippen LogP) is 3.78. The summed E-state index contributed by atoms with van der Waals surface area (Å²) in [6.07, 6.45) is 1.45. The highest BCUT2D eigenvalue weighted by Crippen LogP contribution is 2.24. The molecule has 0 unspecified atom stereocenters. The van der Waals surface area contributed by atoms with Gasteiger partial charge in [-0.05, 0) is 37.6 Å². The number of hydrogen-bond donors (Lipinski definition) is 0. The molecule has 0 atom stereocenters. The molecule has 0 spiro atoms. The third-order valence-electron chi connectivity index (χ3n) is 2.53. The van der Waals surface area contributed by atoms with Crippen LogP contribution in [-0.4, -0.2) is 4.98 Å². The quantitative estimate of drug-likeness (QED) is 0.735. The molecule has 1 aromatic heterocycles. The highest BCUT2D eigenvalue weighted by atomic mass is 19.1. The standard InChI is InChI=1S/C13H10F3N/c1-7-3-12(16)13(17-6-7)9-4-10(14)8(2)11(15)5-9/h3-6H,1-2H3. The first kappa shape index (κ1) is 11.6. The SMILES string of the molecule is Cc1cnc(-c2cc(F)c(C)c(F)c2)c(F)c1. The van der Waals surface area contributed by atoms with Crippen LogP contribution in [0.25, 0.3) is 11.3 Å². The molecule has 0 N–H and O–H groups in total. The lowest BCUT2D eigenvalue weighted by molar-refractivity contribution is 0.568. The van der Waals surface area contributed by atoms with Crippen LogP contribution in [0.1, 0.15) is 11.1 Å². The Bertz CT molecular complexity index is 556. The largest absolute Gasteiger partial charge is 0.253 e. The highest BCUT2D eigenvalue weighted by molar-refractivity contribution is 5.60. The lowest BCUT2D eigenvalue weighted by Gasteiger charge is -2.06. The van der Waals surface area contributed by atoms with Crippen molar-refractivity contribution in [2.45, 2.75) is 13.8 Å². The van der Waals surface area contributed by atoms with Crippen molar-refractivity contribution >= 4 is 0 Å². The van der Waals surface area contributed by atoms with Crippen molar-refractivity contribution < 1.29 is 13.2 Å². The molecule has 1 nitrogen and oxygen atoms in total. The molecule has 0 bridgehead atoms. The Labute approximate surface area is 96.9 Å². The topological polar surface area (TPSA) is 12.9 Å². The maximum absolute atomic E-state index is 13.6. The summed E-state index contributed by atoms with van der Waals surface area (Å²) in [5.74, 6) is -2.00. The molecular formula is C13H10F3N. The van der Waals surface area contributed by atoms with E-state index in [-0.39, 0.29) is 16.8 Å². The minimum atomic E-state index is -0.707. The fraction of sp³-hybridized carbons (Fsp3) is 0.154. The van der Waals surface area contributed by atoms with Crippen molar-refractivity contribution in [3.8, 4) is 11.3 Å². The Morgan fingerprint density at radius 3 is 2.00 bits per heavy atom. The van der Waals surface area contributed by atoms with Gasteiger partial charge in [0, 0.05) is 17.3 Å². The number of pyridine rings is 1. The fourth-order valence-corrected chi connectivity index (χ4v) is 1.53. The van der Waals surface area contributed by atoms with Crippen LogP contribution in [0.4, 0.5) is 13.2 Å². The van der Waals surface area contributed by atoms with Crippen LogP contribution in [0.3, 0.4) is 0 Å². The van der Waals surface area contributed by atoms with E-state index in [4.69, 9.17) is 0 Å². The van der Waals surface area contributed by atoms with Gasteiger partial charge in [0.1, 0.15) is 23.1 Å². The van der Waals surface area contributed by atoms with Crippen molar-refractivity contribution in [1.29, 1.82) is 0 Å². The van der Waals surface area contributed by atoms with Gasteiger partial charge in [0.25, 0.3) is 0 Å². The van der Waals surface area contributed by atoms with Crippen molar-refractivity contribution in [1.82, 2.24) is 4.98 Å². The van der Waals surface area contributed by atoms with Crippen LogP contribution < -0.4 is 0 Å². The van der Waals surface area contributed by atoms with Crippen LogP contribution >= 0.6 is 0 Å². The predicted molar refractivity (Wildman–Crippen MR) is 59.0 cm³/mol. The molecule has 0 radical (unpaired) electrons. The van der Waals surface area contributed by atoms with Gasteiger partial charge in [-0.2, -0.15) is 0 Å². The molecule has 88 valence electrons. The molecule has 0 aliphatic carbocycles. The number of aryl methyl sites for hydroxylation is 1. The van der Waals surface area contributed by atoms with E-state index < -0.39 is 17.5 Å². The summed E-state index contributed by atoms with van der Waals surface area (Å²) < 4.78 is 40.3. The zero-order valence-electron chi connectivity index (χ0n) is 9.39. The molecule has 0 saturated carbocycles. The van der Waals surface area contributed by atoms with E-state index in [0.29, 0.717) is 5.56 Å². The van der Waals surface area contributed by atoms with Gasteiger partial charge in [-0.25, -0.2) is 13.2 Å². The first-order chi connectivity index (χ1) is 7.99. The van der Waals surface area contributed by atoms with Crippen LogP contribution in [-0.2, 0) is 0 Å². The summed E-state index contributed by atoms with van der Waals surface area (Å²) >= 11 is 0. The van der Waals surface area contributed by atoms with E-state index in [1.54, 1.807) is 6.92 Å². The summed E-state index contributed by atoms with van der Waals surface area (Å²) in [6, 6.07) is 3.44. The van der Waals surface area contributed by atoms with Gasteiger partial charge in [-0.3, -0.25) is 4.98 Å². The molecule has 0 saturated heterocycles. The molecular weight excluding hydrogens is 227 g/mol. The third-order valence-corrected chi connectivity index (χ3v) is 2.53. The monoisotopic (exact) mass is 237 g/mol. The van der Waals surface area contributed by atoms with Crippen molar-refractivity contribution in [3.63, 3.8) is 0 Å². The van der Waals surface area contributed by atoms with Gasteiger partial charge in [0.15, 0.2) is 0 Å². The molecule has 1 heterocycles. The number of rotatable bonds is 1. The summed E-state index contributed by atoms with van der Waals surface area (Å²) in [7, 11) is 0. The summed E-state index contributed by atoms with van der Waals surface area (Å²) in [5.41, 5.74) is 0.622. The zero-order chi connectivity index (χ0) is 12.6. The van der Waals surface area contributed by atoms with Gasteiger partial charge >= 0.3 is 0 Å². The Balaban J connectivity index is 2.61. The van der Waals surface area contributed by atoms with Gasteiger partial charge in [0.05, 0.1) is 0 Å². The Hall–Kier alpha value is -1.84. The number of nitrogens with zero attached hydrogens (tertiary/aromatic N) is 1. The van der Waals surface area contributed by atoms with Crippen molar-refractivity contribution in [2.24, 2.45) is 0 Å². The maximum atomic E-state index is 13.6. The molecule has 0 aliphatic rings. The van der Waals surface area contributed by atoms with Gasteiger partial charge in [-0.1, -0.05) is 0 Å². The molecule has 17 heavy (non-hydrogen) atoms. The number of halogens is 3. The van der Waals surface area contributed by atoms with Gasteiger partial charge in [0.2, 0.25) is 0 Å².